The van der Waals surface area contributed by atoms with Gasteiger partial charge in [0, 0.05) is 18.9 Å². The molecule has 0 aliphatic heterocycles. The zero-order valence-corrected chi connectivity index (χ0v) is 27.7. The van der Waals surface area contributed by atoms with Crippen molar-refractivity contribution < 1.29 is 32.6 Å². The summed E-state index contributed by atoms with van der Waals surface area (Å²) in [7, 11) is -4.02. The molecule has 2 aromatic carbocycles. The highest BCUT2D eigenvalue weighted by molar-refractivity contribution is 7.85. The molecule has 0 fully saturated rings. The van der Waals surface area contributed by atoms with E-state index in [1.165, 1.54) is 23.5 Å². The van der Waals surface area contributed by atoms with Crippen LogP contribution in [0.4, 0.5) is 0 Å². The second kappa shape index (κ2) is 18.6. The van der Waals surface area contributed by atoms with E-state index in [1.807, 2.05) is 77.1 Å². The zero-order valence-electron chi connectivity index (χ0n) is 26.9. The molecule has 0 spiro atoms. The van der Waals surface area contributed by atoms with Crippen LogP contribution < -0.4 is 10.9 Å². The second-order valence-electron chi connectivity index (χ2n) is 11.8. The third kappa shape index (κ3) is 13.3. The number of amides is 3. The number of nitrogens with one attached hydrogen (secondary N) is 2. The maximum absolute atomic E-state index is 13.5. The van der Waals surface area contributed by atoms with Gasteiger partial charge in [0.25, 0.3) is 16.0 Å². The van der Waals surface area contributed by atoms with Crippen molar-refractivity contribution in [2.24, 2.45) is 23.7 Å². The maximum atomic E-state index is 13.5. The number of hydrogen-bond acceptors (Lipinski definition) is 7. The summed E-state index contributed by atoms with van der Waals surface area (Å²) in [4.78, 5) is 42.9. The van der Waals surface area contributed by atoms with E-state index in [4.69, 9.17) is 4.55 Å². The standard InChI is InChI=1S/C26H37N5O4.C7H8O3S/c1-19(2)15-23(22(26(34)29-35)12-8-11-21-9-6-5-7-10-21)25(33)28-31(16-20(3)4)24(32)17-30-14-13-27-18-30;1-6-2-4-7(5-3-6)11(8,9)10/h5-11,13-14,18-20,22-23,35H,12,15-17H2,1-4H3,(H,28,33)(H,29,34);2-5H,1H3,(H,8,9,10)/t22-,23+;/m0./s1. The van der Waals surface area contributed by atoms with Gasteiger partial charge < -0.3 is 4.57 Å². The molecule has 1 heterocycles. The minimum atomic E-state index is -4.02. The Bertz CT molecular complexity index is 1510. The van der Waals surface area contributed by atoms with Crippen molar-refractivity contribution in [3.8, 4) is 0 Å². The summed E-state index contributed by atoms with van der Waals surface area (Å²) in [5.41, 5.74) is 6.40. The van der Waals surface area contributed by atoms with Crippen molar-refractivity contribution in [3.05, 3.63) is 90.5 Å². The van der Waals surface area contributed by atoms with Crippen LogP contribution in [0.3, 0.4) is 0 Å². The van der Waals surface area contributed by atoms with Crippen molar-refractivity contribution >= 4 is 33.9 Å². The van der Waals surface area contributed by atoms with E-state index in [1.54, 1.807) is 34.6 Å². The fraction of sp³-hybridized carbons (Fsp3) is 0.394. The van der Waals surface area contributed by atoms with Crippen LogP contribution in [-0.4, -0.2) is 57.0 Å². The van der Waals surface area contributed by atoms with Gasteiger partial charge in [-0.05, 0) is 49.3 Å². The fourth-order valence-electron chi connectivity index (χ4n) is 4.54. The molecule has 0 aliphatic rings. The number of carbonyl (C=O) groups excluding carboxylic acids is 3. The van der Waals surface area contributed by atoms with Crippen molar-refractivity contribution in [1.82, 2.24) is 25.5 Å². The summed E-state index contributed by atoms with van der Waals surface area (Å²) < 4.78 is 31.2. The third-order valence-corrected chi connectivity index (χ3v) is 7.65. The van der Waals surface area contributed by atoms with Gasteiger partial charge in [0.1, 0.15) is 6.54 Å². The first-order valence-corrected chi connectivity index (χ1v) is 16.4. The Morgan fingerprint density at radius 1 is 0.957 bits per heavy atom. The fourth-order valence-corrected chi connectivity index (χ4v) is 5.02. The number of hydroxylamine groups is 1. The Balaban J connectivity index is 0.000000562. The van der Waals surface area contributed by atoms with Crippen LogP contribution in [0.5, 0.6) is 0 Å². The highest BCUT2D eigenvalue weighted by atomic mass is 32.2. The quantitative estimate of drug-likeness (QED) is 0.118. The Labute approximate surface area is 271 Å². The molecule has 3 aromatic rings. The number of rotatable bonds is 13. The minimum absolute atomic E-state index is 0.0300. The maximum Gasteiger partial charge on any atom is 0.294 e. The number of nitrogens with zero attached hydrogens (tertiary/aromatic N) is 3. The van der Waals surface area contributed by atoms with Crippen LogP contribution in [0.2, 0.25) is 0 Å². The molecule has 0 bridgehead atoms. The normalized spacial score (nSPS) is 12.7. The van der Waals surface area contributed by atoms with Crippen LogP contribution in [0.1, 0.15) is 51.7 Å². The molecule has 3 amide bonds. The van der Waals surface area contributed by atoms with Gasteiger partial charge in [0.2, 0.25) is 11.8 Å². The SMILES string of the molecule is CC(C)C[C@@H](C(=O)NN(CC(C)C)C(=O)Cn1ccnc1)[C@H](CC=Cc1ccccc1)C(=O)NO.Cc1ccc(S(=O)(=O)O)cc1. The number of carbonyl (C=O) groups is 3. The first kappa shape index (κ1) is 37.9. The predicted molar refractivity (Wildman–Crippen MR) is 174 cm³/mol. The van der Waals surface area contributed by atoms with E-state index in [2.05, 4.69) is 10.4 Å². The van der Waals surface area contributed by atoms with Gasteiger partial charge in [-0.2, -0.15) is 8.42 Å². The Morgan fingerprint density at radius 2 is 1.61 bits per heavy atom. The van der Waals surface area contributed by atoms with Gasteiger partial charge in [-0.1, -0.05) is 87.9 Å². The molecule has 0 saturated heterocycles. The largest absolute Gasteiger partial charge is 0.328 e. The average molecular weight is 656 g/mol. The molecule has 3 rings (SSSR count). The highest BCUT2D eigenvalue weighted by Gasteiger charge is 2.35. The minimum Gasteiger partial charge on any atom is -0.328 e. The van der Waals surface area contributed by atoms with Gasteiger partial charge in [-0.25, -0.2) is 10.5 Å². The number of benzene rings is 2. The number of hydrogen-bond donors (Lipinski definition) is 4. The van der Waals surface area contributed by atoms with Gasteiger partial charge >= 0.3 is 0 Å². The molecule has 1 aromatic heterocycles. The van der Waals surface area contributed by atoms with Gasteiger partial charge in [0.15, 0.2) is 0 Å². The lowest BCUT2D eigenvalue weighted by atomic mass is 9.82. The molecule has 0 unspecified atom stereocenters. The smallest absolute Gasteiger partial charge is 0.294 e. The Kier molecular flexibility index (Phi) is 15.3. The lowest BCUT2D eigenvalue weighted by molar-refractivity contribution is -0.148. The van der Waals surface area contributed by atoms with E-state index in [0.29, 0.717) is 13.0 Å². The van der Waals surface area contributed by atoms with Gasteiger partial charge in [0.05, 0.1) is 23.1 Å². The predicted octanol–water partition coefficient (Wildman–Crippen LogP) is 4.53. The van der Waals surface area contributed by atoms with Crippen LogP contribution >= 0.6 is 0 Å². The number of imidazole rings is 1. The van der Waals surface area contributed by atoms with E-state index in [0.717, 1.165) is 11.1 Å². The van der Waals surface area contributed by atoms with Gasteiger partial charge in [-0.15, -0.1) is 0 Å². The number of hydrazine groups is 1. The van der Waals surface area contributed by atoms with Gasteiger partial charge in [-0.3, -0.25) is 34.6 Å². The number of aryl methyl sites for hydroxylation is 1. The molecule has 2 atom stereocenters. The van der Waals surface area contributed by atoms with E-state index >= 15 is 0 Å². The number of allylic oxidation sites excluding steroid dienone is 1. The molecule has 0 saturated carbocycles. The molecule has 4 N–H and O–H groups in total. The first-order valence-electron chi connectivity index (χ1n) is 15.0. The molecule has 0 aliphatic carbocycles. The molecule has 46 heavy (non-hydrogen) atoms. The lowest BCUT2D eigenvalue weighted by Crippen LogP contribution is -2.53. The van der Waals surface area contributed by atoms with E-state index < -0.39 is 33.8 Å². The molecular formula is C33H45N5O7S. The molecule has 12 nitrogen and oxygen atoms in total. The Morgan fingerprint density at radius 3 is 2.13 bits per heavy atom. The van der Waals surface area contributed by atoms with Crippen LogP contribution in [-0.2, 0) is 31.0 Å². The summed E-state index contributed by atoms with van der Waals surface area (Å²) in [6, 6.07) is 15.6. The third-order valence-electron chi connectivity index (χ3n) is 6.78. The topological polar surface area (TPSA) is 171 Å². The van der Waals surface area contributed by atoms with Crippen LogP contribution in [0.15, 0.2) is 84.3 Å². The average Bonchev–Trinajstić information content (AvgIpc) is 3.51. The summed E-state index contributed by atoms with van der Waals surface area (Å²) in [5.74, 6) is -2.71. The lowest BCUT2D eigenvalue weighted by Gasteiger charge is -2.30. The van der Waals surface area contributed by atoms with Crippen molar-refractivity contribution in [1.29, 1.82) is 0 Å². The Hall–Kier alpha value is -4.33. The van der Waals surface area contributed by atoms with E-state index in [-0.39, 0.29) is 35.6 Å². The number of aromatic nitrogens is 2. The zero-order chi connectivity index (χ0) is 34.3. The summed E-state index contributed by atoms with van der Waals surface area (Å²) >= 11 is 0. The van der Waals surface area contributed by atoms with Crippen LogP contribution in [0, 0.1) is 30.6 Å². The molecule has 250 valence electrons. The molecule has 0 radical (unpaired) electrons. The highest BCUT2D eigenvalue weighted by Crippen LogP contribution is 2.26. The van der Waals surface area contributed by atoms with Crippen LogP contribution in [0.25, 0.3) is 6.08 Å². The van der Waals surface area contributed by atoms with Crippen molar-refractivity contribution in [2.45, 2.75) is 58.9 Å². The second-order valence-corrected chi connectivity index (χ2v) is 13.2. The molecule has 13 heteroatoms. The molecular weight excluding hydrogens is 610 g/mol. The van der Waals surface area contributed by atoms with Crippen molar-refractivity contribution in [3.63, 3.8) is 0 Å². The van der Waals surface area contributed by atoms with E-state index in [9.17, 15) is 28.0 Å². The monoisotopic (exact) mass is 655 g/mol. The summed E-state index contributed by atoms with van der Waals surface area (Å²) in [6.07, 6.45) is 9.16. The summed E-state index contributed by atoms with van der Waals surface area (Å²) in [5, 5.41) is 10.7. The first-order chi connectivity index (χ1) is 21.7. The van der Waals surface area contributed by atoms with Crippen molar-refractivity contribution in [2.75, 3.05) is 6.54 Å². The summed E-state index contributed by atoms with van der Waals surface area (Å²) in [6.45, 7) is 10.0.